The van der Waals surface area contributed by atoms with Crippen molar-refractivity contribution in [1.82, 2.24) is 5.32 Å². The fraction of sp³-hybridized carbons (Fsp3) is 0.188. The lowest BCUT2D eigenvalue weighted by Crippen LogP contribution is -2.23. The van der Waals surface area contributed by atoms with Crippen LogP contribution in [0.3, 0.4) is 0 Å². The lowest BCUT2D eigenvalue weighted by Gasteiger charge is -2.12. The summed E-state index contributed by atoms with van der Waals surface area (Å²) in [7, 11) is 2.96. The summed E-state index contributed by atoms with van der Waals surface area (Å²) in [6, 6.07) is 4.58. The van der Waals surface area contributed by atoms with Crippen LogP contribution >= 0.6 is 15.9 Å². The van der Waals surface area contributed by atoms with Crippen molar-refractivity contribution in [2.24, 2.45) is 0 Å². The second kappa shape index (κ2) is 7.57. The van der Waals surface area contributed by atoms with Gasteiger partial charge < -0.3 is 14.8 Å². The van der Waals surface area contributed by atoms with Gasteiger partial charge in [0.25, 0.3) is 5.91 Å². The molecule has 128 valence electrons. The molecule has 24 heavy (non-hydrogen) atoms. The highest BCUT2D eigenvalue weighted by atomic mass is 79.9. The van der Waals surface area contributed by atoms with Gasteiger partial charge in [-0.3, -0.25) is 4.79 Å². The number of amides is 1. The molecular formula is C16H13BrF3NO3. The molecule has 8 heteroatoms. The van der Waals surface area contributed by atoms with E-state index in [4.69, 9.17) is 9.47 Å². The second-order valence-electron chi connectivity index (χ2n) is 4.74. The van der Waals surface area contributed by atoms with Crippen molar-refractivity contribution in [3.63, 3.8) is 0 Å². The predicted octanol–water partition coefficient (Wildman–Crippen LogP) is 3.81. The quantitative estimate of drug-likeness (QED) is 0.772. The molecule has 1 amide bonds. The fourth-order valence-corrected chi connectivity index (χ4v) is 2.46. The summed E-state index contributed by atoms with van der Waals surface area (Å²) in [5.41, 5.74) is 0.340. The van der Waals surface area contributed by atoms with Crippen molar-refractivity contribution in [3.05, 3.63) is 57.3 Å². The molecule has 0 unspecified atom stereocenters. The van der Waals surface area contributed by atoms with Crippen molar-refractivity contribution in [3.8, 4) is 11.5 Å². The van der Waals surface area contributed by atoms with Gasteiger partial charge in [-0.25, -0.2) is 13.2 Å². The maximum absolute atomic E-state index is 13.2. The number of hydrogen-bond acceptors (Lipinski definition) is 3. The van der Waals surface area contributed by atoms with Crippen molar-refractivity contribution < 1.29 is 27.4 Å². The van der Waals surface area contributed by atoms with Crippen LogP contribution in [-0.4, -0.2) is 20.1 Å². The highest BCUT2D eigenvalue weighted by Gasteiger charge is 2.16. The first-order valence-corrected chi connectivity index (χ1v) is 7.49. The molecule has 2 aromatic rings. The number of benzene rings is 2. The number of rotatable bonds is 5. The van der Waals surface area contributed by atoms with Gasteiger partial charge in [-0.1, -0.05) is 15.9 Å². The zero-order chi connectivity index (χ0) is 17.9. The Hall–Kier alpha value is -2.22. The molecule has 0 aliphatic rings. The Balaban J connectivity index is 2.17. The summed E-state index contributed by atoms with van der Waals surface area (Å²) in [5.74, 6) is -4.24. The van der Waals surface area contributed by atoms with E-state index in [0.29, 0.717) is 33.7 Å². The van der Waals surface area contributed by atoms with Gasteiger partial charge in [0.1, 0.15) is 0 Å². The Kier molecular flexibility index (Phi) is 5.71. The Morgan fingerprint density at radius 2 is 1.58 bits per heavy atom. The lowest BCUT2D eigenvalue weighted by molar-refractivity contribution is 0.0949. The summed E-state index contributed by atoms with van der Waals surface area (Å²) < 4.78 is 50.2. The molecule has 2 rings (SSSR count). The summed E-state index contributed by atoms with van der Waals surface area (Å²) in [5, 5.41) is 2.50. The number of nitrogens with one attached hydrogen (secondary N) is 1. The molecule has 0 saturated heterocycles. The minimum atomic E-state index is -1.62. The van der Waals surface area contributed by atoms with Gasteiger partial charge in [0.05, 0.1) is 14.2 Å². The number of carbonyl (C=O) groups excluding carboxylic acids is 1. The zero-order valence-electron chi connectivity index (χ0n) is 12.8. The summed E-state index contributed by atoms with van der Waals surface area (Å²) in [6.45, 7) is 0.0559. The maximum Gasteiger partial charge on any atom is 0.251 e. The molecule has 0 atom stereocenters. The van der Waals surface area contributed by atoms with Crippen LogP contribution in [0.5, 0.6) is 11.5 Å². The molecule has 0 saturated carbocycles. The monoisotopic (exact) mass is 403 g/mol. The van der Waals surface area contributed by atoms with Crippen molar-refractivity contribution in [1.29, 1.82) is 0 Å². The Morgan fingerprint density at radius 3 is 2.12 bits per heavy atom. The summed E-state index contributed by atoms with van der Waals surface area (Å²) in [4.78, 5) is 12.0. The van der Waals surface area contributed by atoms with Gasteiger partial charge in [-0.05, 0) is 29.8 Å². The van der Waals surface area contributed by atoms with Crippen LogP contribution < -0.4 is 14.8 Å². The summed E-state index contributed by atoms with van der Waals surface area (Å²) >= 11 is 3.33. The smallest absolute Gasteiger partial charge is 0.251 e. The molecule has 2 aromatic carbocycles. The minimum absolute atomic E-state index is 0.0559. The molecule has 4 nitrogen and oxygen atoms in total. The van der Waals surface area contributed by atoms with Crippen LogP contribution in [0.25, 0.3) is 0 Å². The van der Waals surface area contributed by atoms with E-state index < -0.39 is 23.4 Å². The molecule has 0 radical (unpaired) electrons. The number of methoxy groups -OCH3 is 2. The van der Waals surface area contributed by atoms with E-state index in [1.54, 1.807) is 12.1 Å². The average molecular weight is 404 g/mol. The Bertz CT molecular complexity index is 760. The third-order valence-electron chi connectivity index (χ3n) is 3.24. The third-order valence-corrected chi connectivity index (χ3v) is 3.98. The van der Waals surface area contributed by atoms with Crippen molar-refractivity contribution >= 4 is 21.8 Å². The molecule has 0 spiro atoms. The SMILES string of the molecule is COc1cc(Br)c(CNC(=O)c2cc(F)c(F)c(F)c2)cc1OC. The van der Waals surface area contributed by atoms with E-state index in [2.05, 4.69) is 21.2 Å². The van der Waals surface area contributed by atoms with Crippen molar-refractivity contribution in [2.75, 3.05) is 14.2 Å². The summed E-state index contributed by atoms with van der Waals surface area (Å²) in [6.07, 6.45) is 0. The van der Waals surface area contributed by atoms with Gasteiger partial charge in [0.15, 0.2) is 29.0 Å². The Morgan fingerprint density at radius 1 is 1.04 bits per heavy atom. The number of ether oxygens (including phenoxy) is 2. The molecule has 1 N–H and O–H groups in total. The van der Waals surface area contributed by atoms with E-state index >= 15 is 0 Å². The normalized spacial score (nSPS) is 10.4. The largest absolute Gasteiger partial charge is 0.493 e. The third kappa shape index (κ3) is 3.81. The molecule has 0 fully saturated rings. The van der Waals surface area contributed by atoms with Crippen LogP contribution in [0.4, 0.5) is 13.2 Å². The van der Waals surface area contributed by atoms with E-state index in [1.807, 2.05) is 0 Å². The number of halogens is 4. The second-order valence-corrected chi connectivity index (χ2v) is 5.59. The molecular weight excluding hydrogens is 391 g/mol. The molecule has 0 aliphatic heterocycles. The van der Waals surface area contributed by atoms with Gasteiger partial charge in [0, 0.05) is 16.6 Å². The highest BCUT2D eigenvalue weighted by molar-refractivity contribution is 9.10. The maximum atomic E-state index is 13.2. The van der Waals surface area contributed by atoms with Crippen LogP contribution in [0, 0.1) is 17.5 Å². The van der Waals surface area contributed by atoms with Gasteiger partial charge in [-0.15, -0.1) is 0 Å². The van der Waals surface area contributed by atoms with Gasteiger partial charge in [-0.2, -0.15) is 0 Å². The molecule has 0 aliphatic carbocycles. The Labute approximate surface area is 144 Å². The van der Waals surface area contributed by atoms with Crippen LogP contribution in [-0.2, 0) is 6.54 Å². The minimum Gasteiger partial charge on any atom is -0.493 e. The first kappa shape index (κ1) is 18.1. The topological polar surface area (TPSA) is 47.6 Å². The zero-order valence-corrected chi connectivity index (χ0v) is 14.3. The fourth-order valence-electron chi connectivity index (χ4n) is 2.00. The van der Waals surface area contributed by atoms with Gasteiger partial charge in [0.2, 0.25) is 0 Å². The first-order valence-electron chi connectivity index (χ1n) is 6.70. The van der Waals surface area contributed by atoms with Gasteiger partial charge >= 0.3 is 0 Å². The van der Waals surface area contributed by atoms with E-state index in [-0.39, 0.29) is 12.1 Å². The predicted molar refractivity (Wildman–Crippen MR) is 84.7 cm³/mol. The standard InChI is InChI=1S/C16H13BrF3NO3/c1-23-13-5-9(10(17)6-14(13)24-2)7-21-16(22)8-3-11(18)15(20)12(19)4-8/h3-6H,7H2,1-2H3,(H,21,22). The highest BCUT2D eigenvalue weighted by Crippen LogP contribution is 2.33. The lowest BCUT2D eigenvalue weighted by atomic mass is 10.1. The van der Waals surface area contributed by atoms with E-state index in [0.717, 1.165) is 0 Å². The van der Waals surface area contributed by atoms with Crippen LogP contribution in [0.15, 0.2) is 28.7 Å². The molecule has 0 bridgehead atoms. The molecule has 0 heterocycles. The first-order chi connectivity index (χ1) is 11.4. The van der Waals surface area contributed by atoms with Crippen LogP contribution in [0.1, 0.15) is 15.9 Å². The van der Waals surface area contributed by atoms with Crippen LogP contribution in [0.2, 0.25) is 0 Å². The van der Waals surface area contributed by atoms with Crippen molar-refractivity contribution in [2.45, 2.75) is 6.54 Å². The molecule has 0 aromatic heterocycles. The van der Waals surface area contributed by atoms with E-state index in [1.165, 1.54) is 14.2 Å². The van der Waals surface area contributed by atoms with E-state index in [9.17, 15) is 18.0 Å². The number of carbonyl (C=O) groups is 1. The number of hydrogen-bond donors (Lipinski definition) is 1. The average Bonchev–Trinajstić information content (AvgIpc) is 2.57.